The Morgan fingerprint density at radius 2 is 1.79 bits per heavy atom. The molecule has 150 valence electrons. The van der Waals surface area contributed by atoms with Crippen molar-refractivity contribution in [3.05, 3.63) is 58.3 Å². The molecule has 2 atom stereocenters. The summed E-state index contributed by atoms with van der Waals surface area (Å²) in [4.78, 5) is 12.0. The molecule has 0 saturated heterocycles. The van der Waals surface area contributed by atoms with E-state index >= 15 is 0 Å². The topological polar surface area (TPSA) is 75.3 Å². The van der Waals surface area contributed by atoms with Crippen molar-refractivity contribution in [3.8, 4) is 0 Å². The summed E-state index contributed by atoms with van der Waals surface area (Å²) in [5.41, 5.74) is 0.623. The zero-order chi connectivity index (χ0) is 20.3. The van der Waals surface area contributed by atoms with E-state index in [1.165, 1.54) is 6.07 Å². The number of carbonyl (C=O) groups is 1. The summed E-state index contributed by atoms with van der Waals surface area (Å²) >= 11 is 3.31. The van der Waals surface area contributed by atoms with Gasteiger partial charge in [0.1, 0.15) is 10.7 Å². The van der Waals surface area contributed by atoms with Crippen LogP contribution in [0.15, 0.2) is 51.8 Å². The second-order valence-electron chi connectivity index (χ2n) is 7.10. The maximum Gasteiger partial charge on any atom is 0.255 e. The molecular weight excluding hydrogens is 447 g/mol. The molecule has 28 heavy (non-hydrogen) atoms. The number of sulfonamides is 1. The molecule has 2 aromatic rings. The smallest absolute Gasteiger partial charge is 0.255 e. The van der Waals surface area contributed by atoms with Crippen molar-refractivity contribution in [2.75, 3.05) is 5.32 Å². The van der Waals surface area contributed by atoms with Gasteiger partial charge < -0.3 is 5.32 Å². The monoisotopic (exact) mass is 468 g/mol. The van der Waals surface area contributed by atoms with Gasteiger partial charge in [0, 0.05) is 21.8 Å². The van der Waals surface area contributed by atoms with Crippen LogP contribution < -0.4 is 10.0 Å². The van der Waals surface area contributed by atoms with Gasteiger partial charge in [-0.25, -0.2) is 17.5 Å². The summed E-state index contributed by atoms with van der Waals surface area (Å²) in [5.74, 6) is -1.20. The molecule has 8 heteroatoms. The van der Waals surface area contributed by atoms with E-state index in [0.29, 0.717) is 5.69 Å². The van der Waals surface area contributed by atoms with Crippen LogP contribution in [0.1, 0.15) is 43.0 Å². The Morgan fingerprint density at radius 3 is 2.46 bits per heavy atom. The van der Waals surface area contributed by atoms with E-state index < -0.39 is 26.6 Å². The fourth-order valence-electron chi connectivity index (χ4n) is 3.34. The van der Waals surface area contributed by atoms with Gasteiger partial charge in [-0.05, 0) is 61.2 Å². The largest absolute Gasteiger partial charge is 0.322 e. The van der Waals surface area contributed by atoms with Crippen LogP contribution >= 0.6 is 15.9 Å². The summed E-state index contributed by atoms with van der Waals surface area (Å²) in [6.45, 7) is 1.99. The molecule has 3 rings (SSSR count). The van der Waals surface area contributed by atoms with Crippen LogP contribution in [0, 0.1) is 11.7 Å². The number of amides is 1. The van der Waals surface area contributed by atoms with Crippen molar-refractivity contribution in [1.82, 2.24) is 4.72 Å². The van der Waals surface area contributed by atoms with Crippen molar-refractivity contribution in [2.45, 2.75) is 43.5 Å². The lowest BCUT2D eigenvalue weighted by Crippen LogP contribution is -2.41. The summed E-state index contributed by atoms with van der Waals surface area (Å²) in [6, 6.07) is 10.1. The van der Waals surface area contributed by atoms with Crippen molar-refractivity contribution in [2.24, 2.45) is 5.92 Å². The van der Waals surface area contributed by atoms with Gasteiger partial charge in [-0.15, -0.1) is 0 Å². The van der Waals surface area contributed by atoms with E-state index in [-0.39, 0.29) is 17.5 Å². The lowest BCUT2D eigenvalue weighted by Gasteiger charge is -2.29. The van der Waals surface area contributed by atoms with E-state index in [1.54, 1.807) is 24.3 Å². The molecule has 0 heterocycles. The zero-order valence-corrected chi connectivity index (χ0v) is 17.8. The Kier molecular flexibility index (Phi) is 6.52. The third kappa shape index (κ3) is 4.98. The van der Waals surface area contributed by atoms with Gasteiger partial charge in [0.25, 0.3) is 5.91 Å². The van der Waals surface area contributed by atoms with Crippen LogP contribution in [0.25, 0.3) is 0 Å². The summed E-state index contributed by atoms with van der Waals surface area (Å²) in [7, 11) is -4.07. The van der Waals surface area contributed by atoms with Gasteiger partial charge in [-0.1, -0.05) is 35.7 Å². The third-order valence-electron chi connectivity index (χ3n) is 5.00. The van der Waals surface area contributed by atoms with Gasteiger partial charge in [0.15, 0.2) is 0 Å². The van der Waals surface area contributed by atoms with Crippen LogP contribution in [0.5, 0.6) is 0 Å². The number of nitrogens with one attached hydrogen (secondary N) is 2. The van der Waals surface area contributed by atoms with Gasteiger partial charge in [0.2, 0.25) is 10.0 Å². The van der Waals surface area contributed by atoms with E-state index in [1.807, 2.05) is 6.92 Å². The molecule has 2 N–H and O–H groups in total. The van der Waals surface area contributed by atoms with Crippen LogP contribution in [0.4, 0.5) is 10.1 Å². The first kappa shape index (κ1) is 21.0. The van der Waals surface area contributed by atoms with E-state index in [4.69, 9.17) is 0 Å². The number of benzene rings is 2. The first-order chi connectivity index (χ1) is 13.3. The van der Waals surface area contributed by atoms with Crippen molar-refractivity contribution in [3.63, 3.8) is 0 Å². The standard InChI is InChI=1S/C20H22BrFN2O3S/c1-13-4-2-3-5-18(13)24-28(26,27)19-12-14(6-11-17(19)22)20(25)23-16-9-7-15(21)8-10-16/h6-13,18,24H,2-5H2,1H3,(H,23,25)/t13-,18+/m1/s1. The molecule has 2 aromatic carbocycles. The van der Waals surface area contributed by atoms with Gasteiger partial charge in [-0.3, -0.25) is 4.79 Å². The number of carbonyl (C=O) groups excluding carboxylic acids is 1. The second kappa shape index (κ2) is 8.71. The molecule has 0 radical (unpaired) electrons. The highest BCUT2D eigenvalue weighted by molar-refractivity contribution is 9.10. The molecule has 0 spiro atoms. The molecule has 0 aliphatic heterocycles. The number of hydrogen-bond donors (Lipinski definition) is 2. The van der Waals surface area contributed by atoms with Crippen LogP contribution in [0.3, 0.4) is 0 Å². The van der Waals surface area contributed by atoms with Gasteiger partial charge >= 0.3 is 0 Å². The highest BCUT2D eigenvalue weighted by Gasteiger charge is 2.29. The molecule has 0 aromatic heterocycles. The number of halogens is 2. The Balaban J connectivity index is 1.81. The first-order valence-electron chi connectivity index (χ1n) is 9.15. The molecule has 1 aliphatic carbocycles. The minimum Gasteiger partial charge on any atom is -0.322 e. The molecule has 1 fully saturated rings. The molecule has 0 unspecified atom stereocenters. The molecule has 1 amide bonds. The Labute approximate surface area is 172 Å². The summed E-state index contributed by atoms with van der Waals surface area (Å²) in [6.07, 6.45) is 3.67. The molecule has 0 bridgehead atoms. The third-order valence-corrected chi connectivity index (χ3v) is 7.04. The Hall–Kier alpha value is -1.77. The molecular formula is C20H22BrFN2O3S. The van der Waals surface area contributed by atoms with Gasteiger partial charge in [-0.2, -0.15) is 0 Å². The van der Waals surface area contributed by atoms with Gasteiger partial charge in [0.05, 0.1) is 0 Å². The average Bonchev–Trinajstić information content (AvgIpc) is 2.65. The maximum absolute atomic E-state index is 14.3. The zero-order valence-electron chi connectivity index (χ0n) is 15.4. The van der Waals surface area contributed by atoms with Crippen LogP contribution in [-0.4, -0.2) is 20.4 Å². The second-order valence-corrected chi connectivity index (χ2v) is 9.69. The predicted molar refractivity (Wildman–Crippen MR) is 110 cm³/mol. The lowest BCUT2D eigenvalue weighted by molar-refractivity contribution is 0.102. The Bertz CT molecular complexity index is 964. The highest BCUT2D eigenvalue weighted by Crippen LogP contribution is 2.26. The first-order valence-corrected chi connectivity index (χ1v) is 11.4. The number of hydrogen-bond acceptors (Lipinski definition) is 3. The Morgan fingerprint density at radius 1 is 1.11 bits per heavy atom. The van der Waals surface area contributed by atoms with Crippen molar-refractivity contribution >= 4 is 37.5 Å². The SMILES string of the molecule is C[C@@H]1CCCC[C@@H]1NS(=O)(=O)c1cc(C(=O)Nc2ccc(Br)cc2)ccc1F. The van der Waals surface area contributed by atoms with E-state index in [0.717, 1.165) is 42.3 Å². The molecule has 1 aliphatic rings. The minimum atomic E-state index is -4.07. The summed E-state index contributed by atoms with van der Waals surface area (Å²) in [5, 5.41) is 2.67. The van der Waals surface area contributed by atoms with E-state index in [9.17, 15) is 17.6 Å². The summed E-state index contributed by atoms with van der Waals surface area (Å²) < 4.78 is 43.3. The maximum atomic E-state index is 14.3. The minimum absolute atomic E-state index is 0.0707. The average molecular weight is 469 g/mol. The predicted octanol–water partition coefficient (Wildman–Crippen LogP) is 4.70. The normalized spacial score (nSPS) is 20.0. The number of anilines is 1. The molecule has 1 saturated carbocycles. The number of rotatable bonds is 5. The molecule has 5 nitrogen and oxygen atoms in total. The highest BCUT2D eigenvalue weighted by atomic mass is 79.9. The van der Waals surface area contributed by atoms with Crippen molar-refractivity contribution < 1.29 is 17.6 Å². The lowest BCUT2D eigenvalue weighted by atomic mass is 9.87. The quantitative estimate of drug-likeness (QED) is 0.667. The van der Waals surface area contributed by atoms with Crippen molar-refractivity contribution in [1.29, 1.82) is 0 Å². The fraction of sp³-hybridized carbons (Fsp3) is 0.350. The van der Waals surface area contributed by atoms with Crippen LogP contribution in [-0.2, 0) is 10.0 Å². The van der Waals surface area contributed by atoms with Crippen LogP contribution in [0.2, 0.25) is 0 Å². The fourth-order valence-corrected chi connectivity index (χ4v) is 5.09. The van der Waals surface area contributed by atoms with E-state index in [2.05, 4.69) is 26.0 Å².